The number of aliphatic hydroxyl groups is 4. The van der Waals surface area contributed by atoms with Gasteiger partial charge < -0.3 is 48.8 Å². The van der Waals surface area contributed by atoms with Gasteiger partial charge in [-0.05, 0) is 32.1 Å². The number of carbonyl (C=O) groups excluding carboxylic acids is 4. The molecule has 2 aliphatic heterocycles. The van der Waals surface area contributed by atoms with Gasteiger partial charge in [0.05, 0.1) is 0 Å². The van der Waals surface area contributed by atoms with E-state index in [0.717, 1.165) is 13.8 Å². The van der Waals surface area contributed by atoms with Gasteiger partial charge in [-0.1, -0.05) is 30.1 Å². The highest BCUT2D eigenvalue weighted by Gasteiger charge is 2.47. The van der Waals surface area contributed by atoms with Gasteiger partial charge in [-0.15, -0.1) is 11.6 Å². The molecule has 3 fully saturated rings. The predicted octanol–water partition coefficient (Wildman–Crippen LogP) is 0.155. The van der Waals surface area contributed by atoms with E-state index in [9.17, 15) is 39.6 Å². The Hall–Kier alpha value is -2.95. The largest absolute Gasteiger partial charge is 0.463 e. The number of esters is 4. The highest BCUT2D eigenvalue weighted by Crippen LogP contribution is 2.30. The maximum absolute atomic E-state index is 11.6. The van der Waals surface area contributed by atoms with Gasteiger partial charge in [0.25, 0.3) is 0 Å². The molecule has 268 valence electrons. The van der Waals surface area contributed by atoms with Crippen molar-refractivity contribution < 1.29 is 68.0 Å². The van der Waals surface area contributed by atoms with Gasteiger partial charge in [0.15, 0.2) is 12.2 Å². The first kappa shape index (κ1) is 39.5. The Morgan fingerprint density at radius 3 is 1.50 bits per heavy atom. The normalized spacial score (nSPS) is 37.0. The zero-order chi connectivity index (χ0) is 35.5. The zero-order valence-electron chi connectivity index (χ0n) is 27.4. The third kappa shape index (κ3) is 11.9. The van der Waals surface area contributed by atoms with Crippen molar-refractivity contribution >= 4 is 35.5 Å². The molecule has 48 heavy (non-hydrogen) atoms. The number of carbonyl (C=O) groups is 4. The fourth-order valence-electron chi connectivity index (χ4n) is 5.82. The predicted molar refractivity (Wildman–Crippen MR) is 166 cm³/mol. The van der Waals surface area contributed by atoms with E-state index in [0.29, 0.717) is 38.5 Å². The Bertz CT molecular complexity index is 1250. The van der Waals surface area contributed by atoms with Gasteiger partial charge >= 0.3 is 23.9 Å². The van der Waals surface area contributed by atoms with E-state index in [2.05, 4.69) is 23.7 Å². The topological polar surface area (TPSA) is 205 Å². The van der Waals surface area contributed by atoms with E-state index in [1.807, 2.05) is 0 Å². The molecule has 3 aliphatic rings. The molecule has 0 amide bonds. The number of alkyl halides is 1. The Morgan fingerprint density at radius 1 is 0.625 bits per heavy atom. The minimum Gasteiger partial charge on any atom is -0.463 e. The van der Waals surface area contributed by atoms with E-state index in [-0.39, 0.29) is 30.4 Å². The molecule has 15 heteroatoms. The van der Waals surface area contributed by atoms with Crippen LogP contribution < -0.4 is 0 Å². The smallest absolute Gasteiger partial charge is 0.303 e. The van der Waals surface area contributed by atoms with Gasteiger partial charge in [-0.2, -0.15) is 0 Å². The second-order valence-electron chi connectivity index (χ2n) is 12.2. The molecule has 0 radical (unpaired) electrons. The van der Waals surface area contributed by atoms with Crippen LogP contribution in [0.4, 0.5) is 0 Å². The van der Waals surface area contributed by atoms with E-state index >= 15 is 0 Å². The molecular formula is C33H45ClO14. The first-order valence-electron chi connectivity index (χ1n) is 16.0. The van der Waals surface area contributed by atoms with Gasteiger partial charge in [-0.25, -0.2) is 0 Å². The summed E-state index contributed by atoms with van der Waals surface area (Å²) in [5.74, 6) is 9.18. The number of rotatable bonds is 6. The van der Waals surface area contributed by atoms with Crippen LogP contribution in [0, 0.1) is 35.5 Å². The lowest BCUT2D eigenvalue weighted by Crippen LogP contribution is -2.59. The summed E-state index contributed by atoms with van der Waals surface area (Å²) in [5.41, 5.74) is 0. The van der Waals surface area contributed by atoms with Crippen LogP contribution in [0.3, 0.4) is 0 Å². The van der Waals surface area contributed by atoms with Gasteiger partial charge in [0.2, 0.25) is 0 Å². The summed E-state index contributed by atoms with van der Waals surface area (Å²) in [6.07, 6.45) is -9.10. The molecule has 0 bridgehead atoms. The average molecular weight is 701 g/mol. The molecule has 0 spiro atoms. The van der Waals surface area contributed by atoms with Crippen molar-refractivity contribution in [3.05, 3.63) is 0 Å². The first-order chi connectivity index (χ1) is 22.7. The lowest BCUT2D eigenvalue weighted by atomic mass is 9.92. The van der Waals surface area contributed by atoms with Crippen LogP contribution in [0.25, 0.3) is 0 Å². The van der Waals surface area contributed by atoms with Crippen molar-refractivity contribution in [3.63, 3.8) is 0 Å². The Morgan fingerprint density at radius 2 is 1.06 bits per heavy atom. The molecule has 3 rings (SSSR count). The molecule has 1 saturated carbocycles. The molecule has 2 saturated heterocycles. The lowest BCUT2D eigenvalue weighted by Gasteiger charge is -2.40. The summed E-state index contributed by atoms with van der Waals surface area (Å²) >= 11 is 6.68. The van der Waals surface area contributed by atoms with Crippen molar-refractivity contribution in [3.8, 4) is 23.7 Å². The lowest BCUT2D eigenvalue weighted by molar-refractivity contribution is -0.229. The molecule has 13 atom stereocenters. The molecule has 14 nitrogen and oxygen atoms in total. The summed E-state index contributed by atoms with van der Waals surface area (Å²) in [4.78, 5) is 45.9. The Kier molecular flexibility index (Phi) is 15.4. The van der Waals surface area contributed by atoms with Crippen LogP contribution in [-0.4, -0.2) is 124 Å². The van der Waals surface area contributed by atoms with E-state index in [1.165, 1.54) is 13.8 Å². The molecular weight excluding hydrogens is 656 g/mol. The minimum atomic E-state index is -1.53. The van der Waals surface area contributed by atoms with Crippen LogP contribution in [0.2, 0.25) is 0 Å². The van der Waals surface area contributed by atoms with E-state index in [1.54, 1.807) is 0 Å². The second-order valence-corrected chi connectivity index (χ2v) is 12.8. The maximum atomic E-state index is 11.6. The molecule has 1 aliphatic carbocycles. The molecule has 2 heterocycles. The molecule has 3 unspecified atom stereocenters. The third-order valence-corrected chi connectivity index (χ3v) is 8.60. The monoisotopic (exact) mass is 700 g/mol. The van der Waals surface area contributed by atoms with E-state index < -0.39 is 84.9 Å². The van der Waals surface area contributed by atoms with Crippen molar-refractivity contribution in [1.82, 2.24) is 0 Å². The SMILES string of the molecule is CC(=O)OC[C@H]1O[C@H](C#CC2CCCC(C#C[C@H]3O[C@H](COC(C)=O)[C@@H](OC(C)=O)[C@H](O)[C@@H]3O)CC(Cl)CC2)[C@@H](O)[C@@H](O)[C@@H]1OC(C)=O. The standard InChI is InChI=1S/C33H45ClO14/c1-17(35)43-15-26-32(45-19(3)37)30(41)28(39)24(47-26)12-9-21-6-5-7-22(14-23(34)11-8-21)10-13-25-29(40)31(42)33(46-20(4)38)27(48-25)16-44-18(2)36/h21-33,39-42H,5-8,11,14-16H2,1-4H3/t21?,22?,23?,24-,25-,26-,27-,28-,29-,30-,31-,32-,33-/m1/s1. The van der Waals surface area contributed by atoms with Crippen LogP contribution in [0.5, 0.6) is 0 Å². The van der Waals surface area contributed by atoms with Crippen molar-refractivity contribution in [2.45, 2.75) is 133 Å². The number of ether oxygens (including phenoxy) is 6. The zero-order valence-corrected chi connectivity index (χ0v) is 28.2. The van der Waals surface area contributed by atoms with Gasteiger partial charge in [-0.3, -0.25) is 19.2 Å². The minimum absolute atomic E-state index is 0.122. The second kappa shape index (κ2) is 18.7. The number of halogens is 1. The first-order valence-corrected chi connectivity index (χ1v) is 16.4. The van der Waals surface area contributed by atoms with Crippen LogP contribution >= 0.6 is 11.6 Å². The summed E-state index contributed by atoms with van der Waals surface area (Å²) in [6, 6.07) is 0. The van der Waals surface area contributed by atoms with Crippen molar-refractivity contribution in [1.29, 1.82) is 0 Å². The van der Waals surface area contributed by atoms with Gasteiger partial charge in [0, 0.05) is 44.9 Å². The highest BCUT2D eigenvalue weighted by atomic mass is 35.5. The highest BCUT2D eigenvalue weighted by molar-refractivity contribution is 6.20. The van der Waals surface area contributed by atoms with Crippen molar-refractivity contribution in [2.75, 3.05) is 13.2 Å². The number of hydrogen-bond donors (Lipinski definition) is 4. The molecule has 4 N–H and O–H groups in total. The summed E-state index contributed by atoms with van der Waals surface area (Å²) in [6.45, 7) is 4.07. The fourth-order valence-corrected chi connectivity index (χ4v) is 6.16. The van der Waals surface area contributed by atoms with E-state index in [4.69, 9.17) is 40.0 Å². The number of aliphatic hydroxyl groups excluding tert-OH is 4. The van der Waals surface area contributed by atoms with Crippen LogP contribution in [-0.2, 0) is 47.6 Å². The molecule has 0 aromatic carbocycles. The number of hydrogen-bond acceptors (Lipinski definition) is 14. The summed E-state index contributed by atoms with van der Waals surface area (Å²) in [5, 5.41) is 42.5. The van der Waals surface area contributed by atoms with Crippen molar-refractivity contribution in [2.24, 2.45) is 11.8 Å². The van der Waals surface area contributed by atoms with Crippen LogP contribution in [0.15, 0.2) is 0 Å². The summed E-state index contributed by atoms with van der Waals surface area (Å²) in [7, 11) is 0. The average Bonchev–Trinajstić information content (AvgIpc) is 3.09. The molecule has 0 aromatic rings. The third-order valence-electron chi connectivity index (χ3n) is 8.21. The van der Waals surface area contributed by atoms with Gasteiger partial charge in [0.1, 0.15) is 62.0 Å². The fraction of sp³-hybridized carbons (Fsp3) is 0.758. The summed E-state index contributed by atoms with van der Waals surface area (Å²) < 4.78 is 31.9. The molecule has 0 aromatic heterocycles. The quantitative estimate of drug-likeness (QED) is 0.126. The van der Waals surface area contributed by atoms with Crippen LogP contribution in [0.1, 0.15) is 66.2 Å². The Labute approximate surface area is 284 Å². The maximum Gasteiger partial charge on any atom is 0.303 e. The Balaban J connectivity index is 1.67.